The molecule has 3 N–H and O–H groups in total. The molecule has 0 aliphatic heterocycles. The third kappa shape index (κ3) is 7.42. The van der Waals surface area contributed by atoms with Crippen molar-refractivity contribution in [3.8, 4) is 5.75 Å². The number of rotatable bonds is 11. The van der Waals surface area contributed by atoms with Crippen LogP contribution in [0.15, 0.2) is 59.5 Å². The van der Waals surface area contributed by atoms with Crippen LogP contribution in [0, 0.1) is 0 Å². The summed E-state index contributed by atoms with van der Waals surface area (Å²) >= 11 is 0. The topological polar surface area (TPSA) is 128 Å². The van der Waals surface area contributed by atoms with Crippen LogP contribution in [0.5, 0.6) is 5.75 Å². The second-order valence-corrected chi connectivity index (χ2v) is 10.5. The highest BCUT2D eigenvalue weighted by atomic mass is 32.2. The highest BCUT2D eigenvalue weighted by Gasteiger charge is 2.49. The molecule has 0 heterocycles. The minimum absolute atomic E-state index is 0.212. The summed E-state index contributed by atoms with van der Waals surface area (Å²) in [6.45, 7) is -0.903. The van der Waals surface area contributed by atoms with Crippen LogP contribution in [0.1, 0.15) is 31.2 Å². The second-order valence-electron chi connectivity index (χ2n) is 8.70. The Morgan fingerprint density at radius 1 is 1.11 bits per heavy atom. The van der Waals surface area contributed by atoms with E-state index >= 15 is 0 Å². The van der Waals surface area contributed by atoms with E-state index in [0.29, 0.717) is 28.6 Å². The van der Waals surface area contributed by atoms with E-state index < -0.39 is 53.1 Å². The Morgan fingerprint density at radius 2 is 1.70 bits per heavy atom. The van der Waals surface area contributed by atoms with Gasteiger partial charge in [0.25, 0.3) is 10.0 Å². The van der Waals surface area contributed by atoms with Gasteiger partial charge in [0.2, 0.25) is 0 Å². The molecule has 1 saturated carbocycles. The van der Waals surface area contributed by atoms with Gasteiger partial charge in [0, 0.05) is 6.42 Å². The number of aliphatic hydroxyl groups excluding tert-OH is 1. The number of aliphatic hydroxyl groups is 1. The van der Waals surface area contributed by atoms with Crippen LogP contribution < -0.4 is 10.5 Å². The summed E-state index contributed by atoms with van der Waals surface area (Å²) in [6, 6.07) is 13.2. The number of hydrogen-bond acceptors (Lipinski definition) is 8. The highest BCUT2D eigenvalue weighted by molar-refractivity contribution is 7.89. The zero-order valence-electron chi connectivity index (χ0n) is 20.1. The SMILES string of the molecule is COc1ccc(S(=O)(=O)N(C[C@@H](O)[C@](N)(Cc2ccccc2)OC(=O)C(F)(F)F)OC2CCCC2)cc1. The summed E-state index contributed by atoms with van der Waals surface area (Å²) in [5, 5.41) is 11.0. The molecule has 2 aromatic carbocycles. The number of alkyl halides is 3. The van der Waals surface area contributed by atoms with Crippen molar-refractivity contribution < 1.29 is 45.8 Å². The zero-order valence-corrected chi connectivity index (χ0v) is 20.9. The molecule has 1 fully saturated rings. The molecule has 0 saturated heterocycles. The van der Waals surface area contributed by atoms with Crippen molar-refractivity contribution >= 4 is 16.0 Å². The van der Waals surface area contributed by atoms with Crippen LogP contribution in [-0.4, -0.2) is 61.7 Å². The number of methoxy groups -OCH3 is 1. The van der Waals surface area contributed by atoms with E-state index in [1.165, 1.54) is 43.5 Å². The van der Waals surface area contributed by atoms with Crippen molar-refractivity contribution in [1.82, 2.24) is 4.47 Å². The summed E-state index contributed by atoms with van der Waals surface area (Å²) < 4.78 is 76.1. The number of benzene rings is 2. The van der Waals surface area contributed by atoms with Gasteiger partial charge in [0.05, 0.1) is 24.7 Å². The van der Waals surface area contributed by atoms with Gasteiger partial charge in [0.15, 0.2) is 5.72 Å². The van der Waals surface area contributed by atoms with Gasteiger partial charge >= 0.3 is 12.1 Å². The van der Waals surface area contributed by atoms with E-state index in [2.05, 4.69) is 4.74 Å². The maximum atomic E-state index is 13.4. The van der Waals surface area contributed by atoms with Crippen molar-refractivity contribution in [1.29, 1.82) is 0 Å². The normalized spacial score (nSPS) is 17.4. The quantitative estimate of drug-likeness (QED) is 0.250. The molecule has 13 heteroatoms. The number of carbonyl (C=O) groups excluding carboxylic acids is 1. The molecule has 0 amide bonds. The number of nitrogens with zero attached hydrogens (tertiary/aromatic N) is 1. The number of carbonyl (C=O) groups is 1. The predicted molar refractivity (Wildman–Crippen MR) is 125 cm³/mol. The Balaban J connectivity index is 1.94. The Hall–Kier alpha value is -2.71. The second kappa shape index (κ2) is 11.8. The average molecular weight is 547 g/mol. The molecule has 3 rings (SSSR count). The Bertz CT molecular complexity index is 1140. The van der Waals surface area contributed by atoms with Gasteiger partial charge in [-0.3, -0.25) is 10.6 Å². The minimum atomic E-state index is -5.39. The molecule has 204 valence electrons. The van der Waals surface area contributed by atoms with Crippen molar-refractivity contribution in [3.63, 3.8) is 0 Å². The monoisotopic (exact) mass is 546 g/mol. The van der Waals surface area contributed by atoms with Crippen molar-refractivity contribution in [2.45, 2.75) is 61.1 Å². The molecule has 0 unspecified atom stereocenters. The molecule has 2 atom stereocenters. The van der Waals surface area contributed by atoms with Gasteiger partial charge in [-0.1, -0.05) is 47.6 Å². The number of sulfonamides is 1. The summed E-state index contributed by atoms with van der Waals surface area (Å²) in [5.41, 5.74) is 3.77. The molecule has 0 bridgehead atoms. The maximum Gasteiger partial charge on any atom is 0.490 e. The van der Waals surface area contributed by atoms with E-state index in [-0.39, 0.29) is 4.90 Å². The number of halogens is 3. The van der Waals surface area contributed by atoms with Gasteiger partial charge < -0.3 is 14.6 Å². The van der Waals surface area contributed by atoms with Gasteiger partial charge in [-0.05, 0) is 42.7 Å². The first-order valence-corrected chi connectivity index (χ1v) is 12.9. The van der Waals surface area contributed by atoms with Crippen molar-refractivity contribution in [2.24, 2.45) is 5.73 Å². The largest absolute Gasteiger partial charge is 0.497 e. The zero-order chi connectivity index (χ0) is 27.3. The molecule has 9 nitrogen and oxygen atoms in total. The molecule has 0 spiro atoms. The van der Waals surface area contributed by atoms with Crippen LogP contribution in [0.4, 0.5) is 13.2 Å². The standard InChI is InChI=1S/C24H29F3N2O7S/c1-34-18-11-13-20(14-12-18)37(32,33)29(36-19-9-5-6-10-19)16-21(30)23(28,35-22(31)24(25,26)27)15-17-7-3-2-4-8-17/h2-4,7-8,11-14,19,21,30H,5-6,9-10,15-16,28H2,1H3/t21-,23+/m1/s1. The van der Waals surface area contributed by atoms with Crippen molar-refractivity contribution in [3.05, 3.63) is 60.2 Å². The molecule has 0 aromatic heterocycles. The maximum absolute atomic E-state index is 13.4. The number of hydroxylamine groups is 1. The molecule has 1 aliphatic carbocycles. The van der Waals surface area contributed by atoms with E-state index in [0.717, 1.165) is 12.8 Å². The van der Waals surface area contributed by atoms with E-state index in [4.69, 9.17) is 15.3 Å². The third-order valence-corrected chi connectivity index (χ3v) is 7.56. The molecule has 37 heavy (non-hydrogen) atoms. The van der Waals surface area contributed by atoms with Crippen LogP contribution >= 0.6 is 0 Å². The smallest absolute Gasteiger partial charge is 0.490 e. The summed E-state index contributed by atoms with van der Waals surface area (Å²) in [5.74, 6) is -2.23. The van der Waals surface area contributed by atoms with Crippen LogP contribution in [0.25, 0.3) is 0 Å². The lowest BCUT2D eigenvalue weighted by atomic mass is 9.97. The lowest BCUT2D eigenvalue weighted by molar-refractivity contribution is -0.227. The molecule has 2 aromatic rings. The Kier molecular flexibility index (Phi) is 9.18. The summed E-state index contributed by atoms with van der Waals surface area (Å²) in [6.07, 6.45) is -5.85. The predicted octanol–water partition coefficient (Wildman–Crippen LogP) is 2.92. The fourth-order valence-electron chi connectivity index (χ4n) is 3.89. The number of ether oxygens (including phenoxy) is 2. The fourth-order valence-corrected chi connectivity index (χ4v) is 5.17. The molecular formula is C24H29F3N2O7S. The van der Waals surface area contributed by atoms with Gasteiger partial charge in [0.1, 0.15) is 11.9 Å². The first-order valence-electron chi connectivity index (χ1n) is 11.5. The average Bonchev–Trinajstić information content (AvgIpc) is 3.36. The van der Waals surface area contributed by atoms with E-state index in [1.807, 2.05) is 0 Å². The molecular weight excluding hydrogens is 517 g/mol. The van der Waals surface area contributed by atoms with Crippen LogP contribution in [0.3, 0.4) is 0 Å². The first-order chi connectivity index (χ1) is 17.3. The Morgan fingerprint density at radius 3 is 2.24 bits per heavy atom. The Labute approximate surface area is 212 Å². The molecule has 0 radical (unpaired) electrons. The van der Waals surface area contributed by atoms with E-state index in [1.54, 1.807) is 18.2 Å². The lowest BCUT2D eigenvalue weighted by Crippen LogP contribution is -2.61. The van der Waals surface area contributed by atoms with Crippen LogP contribution in [-0.2, 0) is 30.8 Å². The van der Waals surface area contributed by atoms with Crippen LogP contribution in [0.2, 0.25) is 0 Å². The number of hydrogen-bond donors (Lipinski definition) is 2. The van der Waals surface area contributed by atoms with E-state index in [9.17, 15) is 31.5 Å². The van der Waals surface area contributed by atoms with Gasteiger partial charge in [-0.25, -0.2) is 13.2 Å². The van der Waals surface area contributed by atoms with Gasteiger partial charge in [-0.2, -0.15) is 13.2 Å². The fraction of sp³-hybridized carbons (Fsp3) is 0.458. The highest BCUT2D eigenvalue weighted by Crippen LogP contribution is 2.29. The minimum Gasteiger partial charge on any atom is -0.497 e. The first kappa shape index (κ1) is 28.9. The van der Waals surface area contributed by atoms with Crippen molar-refractivity contribution in [2.75, 3.05) is 13.7 Å². The molecule has 1 aliphatic rings. The number of esters is 1. The third-order valence-electron chi connectivity index (χ3n) is 5.92. The summed E-state index contributed by atoms with van der Waals surface area (Å²) in [4.78, 5) is 17.2. The van der Waals surface area contributed by atoms with Gasteiger partial charge in [-0.15, -0.1) is 0 Å². The summed E-state index contributed by atoms with van der Waals surface area (Å²) in [7, 11) is -3.01. The number of nitrogens with two attached hydrogens (primary N) is 1. The lowest BCUT2D eigenvalue weighted by Gasteiger charge is -2.36.